The van der Waals surface area contributed by atoms with Crippen LogP contribution < -0.4 is 4.74 Å². The molecule has 6 heteroatoms. The monoisotopic (exact) mass is 331 g/mol. The minimum atomic E-state index is -0.863. The van der Waals surface area contributed by atoms with E-state index in [0.29, 0.717) is 13.1 Å². The molecule has 130 valence electrons. The highest BCUT2D eigenvalue weighted by Gasteiger charge is 2.25. The van der Waals surface area contributed by atoms with Crippen LogP contribution in [0.4, 0.5) is 0 Å². The third kappa shape index (κ3) is 3.94. The van der Waals surface area contributed by atoms with E-state index in [1.54, 1.807) is 13.3 Å². The summed E-state index contributed by atoms with van der Waals surface area (Å²) in [6.07, 6.45) is 3.75. The Balaban J connectivity index is 2.20. The number of aromatic nitrogens is 2. The lowest BCUT2D eigenvalue weighted by Gasteiger charge is -2.26. The predicted molar refractivity (Wildman–Crippen MR) is 92.4 cm³/mol. The first kappa shape index (κ1) is 18.0. The van der Waals surface area contributed by atoms with E-state index in [1.807, 2.05) is 55.7 Å². The first-order valence-electron chi connectivity index (χ1n) is 7.90. The molecular formula is C18H25N3O3. The van der Waals surface area contributed by atoms with Gasteiger partial charge in [-0.2, -0.15) is 5.10 Å². The molecule has 1 heterocycles. The van der Waals surface area contributed by atoms with Gasteiger partial charge in [-0.15, -0.1) is 0 Å². The van der Waals surface area contributed by atoms with Crippen molar-refractivity contribution in [3.05, 3.63) is 46.8 Å². The van der Waals surface area contributed by atoms with Gasteiger partial charge in [0.25, 0.3) is 0 Å². The summed E-state index contributed by atoms with van der Waals surface area (Å²) in [5.41, 5.74) is 3.73. The van der Waals surface area contributed by atoms with Crippen molar-refractivity contribution in [1.29, 1.82) is 0 Å². The Kier molecular flexibility index (Phi) is 5.62. The number of carboxylic acid groups (broad SMARTS) is 1. The van der Waals surface area contributed by atoms with E-state index >= 15 is 0 Å². The largest absolute Gasteiger partial charge is 0.496 e. The number of benzene rings is 1. The van der Waals surface area contributed by atoms with Crippen LogP contribution in [-0.4, -0.2) is 46.5 Å². The number of hydrogen-bond donors (Lipinski definition) is 1. The zero-order valence-electron chi connectivity index (χ0n) is 14.9. The molecule has 1 aromatic heterocycles. The summed E-state index contributed by atoms with van der Waals surface area (Å²) in [5, 5.41) is 14.0. The number of hydrogen-bond acceptors (Lipinski definition) is 4. The van der Waals surface area contributed by atoms with Crippen molar-refractivity contribution in [2.45, 2.75) is 33.4 Å². The molecule has 1 atom stereocenters. The minimum Gasteiger partial charge on any atom is -0.496 e. The SMILES string of the molecule is COc1c(C)cc(C(C(=O)O)N(C)CCn2cc(C)cn2)cc1C. The standard InChI is InChI=1S/C18H25N3O3/c1-12-10-19-21(11-12)7-6-20(4)16(18(22)23)15-8-13(2)17(24-5)14(3)9-15/h8-11,16H,6-7H2,1-5H3,(H,22,23). The molecule has 0 bridgehead atoms. The summed E-state index contributed by atoms with van der Waals surface area (Å²) in [7, 11) is 3.45. The van der Waals surface area contributed by atoms with Gasteiger partial charge in [0.15, 0.2) is 0 Å². The number of ether oxygens (including phenoxy) is 1. The second kappa shape index (κ2) is 7.49. The van der Waals surface area contributed by atoms with Crippen molar-refractivity contribution in [3.8, 4) is 5.75 Å². The Hall–Kier alpha value is -2.34. The van der Waals surface area contributed by atoms with Gasteiger partial charge in [-0.1, -0.05) is 12.1 Å². The normalized spacial score (nSPS) is 12.4. The first-order chi connectivity index (χ1) is 11.3. The molecule has 6 nitrogen and oxygen atoms in total. The number of carboxylic acids is 1. The Morgan fingerprint density at radius 1 is 1.33 bits per heavy atom. The maximum atomic E-state index is 11.8. The average molecular weight is 331 g/mol. The van der Waals surface area contributed by atoms with Crippen molar-refractivity contribution in [2.24, 2.45) is 0 Å². The number of methoxy groups -OCH3 is 1. The summed E-state index contributed by atoms with van der Waals surface area (Å²) in [6.45, 7) is 7.07. The van der Waals surface area contributed by atoms with Crippen molar-refractivity contribution < 1.29 is 14.6 Å². The molecule has 0 aliphatic carbocycles. The van der Waals surface area contributed by atoms with Crippen LogP contribution in [0.25, 0.3) is 0 Å². The second-order valence-electron chi connectivity index (χ2n) is 6.19. The quantitative estimate of drug-likeness (QED) is 0.844. The lowest BCUT2D eigenvalue weighted by atomic mass is 9.99. The van der Waals surface area contributed by atoms with Gasteiger partial charge in [-0.25, -0.2) is 0 Å². The van der Waals surface area contributed by atoms with Crippen LogP contribution >= 0.6 is 0 Å². The van der Waals surface area contributed by atoms with Gasteiger partial charge in [0.2, 0.25) is 0 Å². The average Bonchev–Trinajstić information content (AvgIpc) is 2.90. The lowest BCUT2D eigenvalue weighted by molar-refractivity contribution is -0.143. The second-order valence-corrected chi connectivity index (χ2v) is 6.19. The molecule has 0 aliphatic rings. The number of aliphatic carboxylic acids is 1. The summed E-state index contributed by atoms with van der Waals surface area (Å²) in [5.74, 6) is -0.0596. The van der Waals surface area contributed by atoms with Gasteiger partial charge >= 0.3 is 5.97 Å². The van der Waals surface area contributed by atoms with E-state index in [0.717, 1.165) is 28.0 Å². The Bertz CT molecular complexity index is 701. The molecule has 1 aromatic carbocycles. The van der Waals surface area contributed by atoms with Crippen LogP contribution in [-0.2, 0) is 11.3 Å². The third-order valence-electron chi connectivity index (χ3n) is 4.12. The topological polar surface area (TPSA) is 67.6 Å². The van der Waals surface area contributed by atoms with Crippen molar-refractivity contribution in [1.82, 2.24) is 14.7 Å². The van der Waals surface area contributed by atoms with Gasteiger partial charge in [0.05, 0.1) is 19.9 Å². The zero-order chi connectivity index (χ0) is 17.9. The summed E-state index contributed by atoms with van der Waals surface area (Å²) in [6, 6.07) is 3.07. The summed E-state index contributed by atoms with van der Waals surface area (Å²) >= 11 is 0. The number of nitrogens with zero attached hydrogens (tertiary/aromatic N) is 3. The van der Waals surface area contributed by atoms with Crippen LogP contribution in [0.3, 0.4) is 0 Å². The fourth-order valence-corrected chi connectivity index (χ4v) is 3.03. The molecule has 1 N–H and O–H groups in total. The van der Waals surface area contributed by atoms with Crippen LogP contribution in [0.15, 0.2) is 24.5 Å². The Morgan fingerprint density at radius 3 is 2.42 bits per heavy atom. The highest BCUT2D eigenvalue weighted by atomic mass is 16.5. The lowest BCUT2D eigenvalue weighted by Crippen LogP contribution is -2.33. The molecular weight excluding hydrogens is 306 g/mol. The summed E-state index contributed by atoms with van der Waals surface area (Å²) < 4.78 is 7.20. The zero-order valence-corrected chi connectivity index (χ0v) is 14.9. The molecule has 0 saturated carbocycles. The molecule has 0 radical (unpaired) electrons. The minimum absolute atomic E-state index is 0.586. The molecule has 24 heavy (non-hydrogen) atoms. The van der Waals surface area contributed by atoms with Gasteiger partial charge in [0, 0.05) is 12.7 Å². The van der Waals surface area contributed by atoms with Crippen LogP contribution in [0.2, 0.25) is 0 Å². The Morgan fingerprint density at radius 2 is 1.96 bits per heavy atom. The van der Waals surface area contributed by atoms with E-state index in [1.165, 1.54) is 0 Å². The van der Waals surface area contributed by atoms with E-state index in [-0.39, 0.29) is 0 Å². The molecule has 2 rings (SSSR count). The van der Waals surface area contributed by atoms with E-state index in [2.05, 4.69) is 5.10 Å². The highest BCUT2D eigenvalue weighted by molar-refractivity contribution is 5.76. The fourth-order valence-electron chi connectivity index (χ4n) is 3.03. The van der Waals surface area contributed by atoms with Gasteiger partial charge in [-0.05, 0) is 50.1 Å². The fraction of sp³-hybridized carbons (Fsp3) is 0.444. The number of likely N-dealkylation sites (N-methyl/N-ethyl adjacent to an activating group) is 1. The highest BCUT2D eigenvalue weighted by Crippen LogP contribution is 2.29. The van der Waals surface area contributed by atoms with Crippen molar-refractivity contribution >= 4 is 5.97 Å². The smallest absolute Gasteiger partial charge is 0.325 e. The molecule has 0 aliphatic heterocycles. The van der Waals surface area contributed by atoms with Crippen LogP contribution in [0, 0.1) is 20.8 Å². The van der Waals surface area contributed by atoms with Gasteiger partial charge in [0.1, 0.15) is 11.8 Å². The molecule has 0 fully saturated rings. The maximum Gasteiger partial charge on any atom is 0.325 e. The number of rotatable bonds is 7. The maximum absolute atomic E-state index is 11.8. The first-order valence-corrected chi connectivity index (χ1v) is 7.90. The molecule has 2 aromatic rings. The van der Waals surface area contributed by atoms with Crippen molar-refractivity contribution in [3.63, 3.8) is 0 Å². The third-order valence-corrected chi connectivity index (χ3v) is 4.12. The van der Waals surface area contributed by atoms with E-state index in [4.69, 9.17) is 4.74 Å². The van der Waals surface area contributed by atoms with E-state index in [9.17, 15) is 9.90 Å². The molecule has 0 amide bonds. The summed E-state index contributed by atoms with van der Waals surface area (Å²) in [4.78, 5) is 13.7. The number of carbonyl (C=O) groups is 1. The van der Waals surface area contributed by atoms with Crippen LogP contribution in [0.1, 0.15) is 28.3 Å². The predicted octanol–water partition coefficient (Wildman–Crippen LogP) is 2.57. The number of aryl methyl sites for hydroxylation is 3. The Labute approximate surface area is 142 Å². The van der Waals surface area contributed by atoms with Gasteiger partial charge in [-0.3, -0.25) is 14.4 Å². The van der Waals surface area contributed by atoms with Crippen molar-refractivity contribution in [2.75, 3.05) is 20.7 Å². The van der Waals surface area contributed by atoms with Crippen LogP contribution in [0.5, 0.6) is 5.75 Å². The molecule has 1 unspecified atom stereocenters. The van der Waals surface area contributed by atoms with E-state index < -0.39 is 12.0 Å². The molecule has 0 spiro atoms. The molecule has 0 saturated heterocycles. The van der Waals surface area contributed by atoms with Gasteiger partial charge < -0.3 is 9.84 Å².